The number of carboxylic acid groups (broad SMARTS) is 1. The Balaban J connectivity index is 1.87. The highest BCUT2D eigenvalue weighted by Crippen LogP contribution is 2.37. The molecule has 0 heterocycles. The quantitative estimate of drug-likeness (QED) is 0.426. The van der Waals surface area contributed by atoms with Gasteiger partial charge in [-0.05, 0) is 31.4 Å². The van der Waals surface area contributed by atoms with E-state index < -0.39 is 35.8 Å². The van der Waals surface area contributed by atoms with Gasteiger partial charge in [0, 0.05) is 23.3 Å². The number of halogens is 3. The van der Waals surface area contributed by atoms with Crippen molar-refractivity contribution in [1.29, 1.82) is 0 Å². The number of aliphatic hydroxyl groups excluding tert-OH is 2. The molecule has 0 amide bonds. The predicted molar refractivity (Wildman–Crippen MR) is 112 cm³/mol. The zero-order valence-corrected chi connectivity index (χ0v) is 18.2. The average Bonchev–Trinajstić information content (AvgIpc) is 2.94. The zero-order valence-electron chi connectivity index (χ0n) is 17.3. The first kappa shape index (κ1) is 25.7. The summed E-state index contributed by atoms with van der Waals surface area (Å²) in [6.45, 7) is 1.65. The van der Waals surface area contributed by atoms with E-state index in [-0.39, 0.29) is 35.4 Å². The molecule has 0 radical (unpaired) electrons. The number of carbonyl (C=O) groups is 2. The number of rotatable bonds is 11. The molecule has 1 saturated carbocycles. The van der Waals surface area contributed by atoms with Gasteiger partial charge in [-0.2, -0.15) is 24.9 Å². The standard InChI is InChI=1S/C22H29F3O5S/c1-13(26)12-31-20-17(18(27)11-19(20)28)9-4-2-3-8-16(21(29)30)14-6-5-7-15(10-14)22(23,24)25/h5-7,10,13,16-17,19-20,26,28H,2-4,8-9,11-12H2,1H3,(H,29,30)/t13?,16?,17-,19?,20+/m0/s1. The van der Waals surface area contributed by atoms with Gasteiger partial charge in [0.25, 0.3) is 0 Å². The summed E-state index contributed by atoms with van der Waals surface area (Å²) in [5, 5.41) is 28.8. The molecule has 5 atom stereocenters. The topological polar surface area (TPSA) is 94.8 Å². The van der Waals surface area contributed by atoms with E-state index in [1.54, 1.807) is 6.92 Å². The Morgan fingerprint density at radius 3 is 2.58 bits per heavy atom. The van der Waals surface area contributed by atoms with Crippen molar-refractivity contribution in [1.82, 2.24) is 0 Å². The highest BCUT2D eigenvalue weighted by atomic mass is 32.2. The predicted octanol–water partition coefficient (Wildman–Crippen LogP) is 4.26. The number of hydrogen-bond acceptors (Lipinski definition) is 5. The third-order valence-electron chi connectivity index (χ3n) is 5.55. The monoisotopic (exact) mass is 462 g/mol. The van der Waals surface area contributed by atoms with Crippen molar-refractivity contribution in [3.05, 3.63) is 35.4 Å². The molecule has 0 aliphatic heterocycles. The summed E-state index contributed by atoms with van der Waals surface area (Å²) in [5.74, 6) is -2.04. The Kier molecular flexibility index (Phi) is 9.39. The molecule has 2 rings (SSSR count). The highest BCUT2D eigenvalue weighted by molar-refractivity contribution is 8.00. The van der Waals surface area contributed by atoms with Crippen molar-refractivity contribution in [3.8, 4) is 0 Å². The zero-order chi connectivity index (χ0) is 23.2. The van der Waals surface area contributed by atoms with Crippen molar-refractivity contribution in [2.24, 2.45) is 5.92 Å². The summed E-state index contributed by atoms with van der Waals surface area (Å²) in [5.41, 5.74) is -0.735. The summed E-state index contributed by atoms with van der Waals surface area (Å²) in [4.78, 5) is 23.8. The fourth-order valence-corrected chi connectivity index (χ4v) is 5.32. The maximum atomic E-state index is 12.9. The first-order chi connectivity index (χ1) is 14.5. The largest absolute Gasteiger partial charge is 0.481 e. The summed E-state index contributed by atoms with van der Waals surface area (Å²) in [6.07, 6.45) is -3.11. The van der Waals surface area contributed by atoms with Gasteiger partial charge in [0.1, 0.15) is 5.78 Å². The lowest BCUT2D eigenvalue weighted by molar-refractivity contribution is -0.140. The molecule has 0 saturated heterocycles. The lowest BCUT2D eigenvalue weighted by Crippen LogP contribution is -2.25. The first-order valence-corrected chi connectivity index (χ1v) is 11.5. The lowest BCUT2D eigenvalue weighted by atomic mass is 9.91. The summed E-state index contributed by atoms with van der Waals surface area (Å²) in [6, 6.07) is 4.43. The molecule has 1 aliphatic rings. The Morgan fingerprint density at radius 2 is 1.97 bits per heavy atom. The molecule has 1 aromatic rings. The van der Waals surface area contributed by atoms with E-state index in [9.17, 15) is 38.1 Å². The third-order valence-corrected chi connectivity index (χ3v) is 7.25. The molecule has 31 heavy (non-hydrogen) atoms. The maximum Gasteiger partial charge on any atom is 0.416 e. The minimum Gasteiger partial charge on any atom is -0.481 e. The van der Waals surface area contributed by atoms with E-state index in [0.717, 1.165) is 12.1 Å². The smallest absolute Gasteiger partial charge is 0.416 e. The average molecular weight is 463 g/mol. The van der Waals surface area contributed by atoms with Crippen LogP contribution in [0.4, 0.5) is 13.2 Å². The number of aliphatic carboxylic acids is 1. The highest BCUT2D eigenvalue weighted by Gasteiger charge is 2.41. The summed E-state index contributed by atoms with van der Waals surface area (Å²) in [7, 11) is 0. The van der Waals surface area contributed by atoms with E-state index in [2.05, 4.69) is 0 Å². The van der Waals surface area contributed by atoms with Crippen molar-refractivity contribution in [2.75, 3.05) is 5.75 Å². The fraction of sp³-hybridized carbons (Fsp3) is 0.636. The first-order valence-electron chi connectivity index (χ1n) is 10.4. The van der Waals surface area contributed by atoms with Gasteiger partial charge in [-0.1, -0.05) is 37.5 Å². The second kappa shape index (κ2) is 11.3. The Hall–Kier alpha value is -1.58. The molecule has 1 fully saturated rings. The molecule has 1 aromatic carbocycles. The molecule has 3 unspecified atom stereocenters. The van der Waals surface area contributed by atoms with Gasteiger partial charge >= 0.3 is 12.1 Å². The van der Waals surface area contributed by atoms with Gasteiger partial charge in [-0.15, -0.1) is 0 Å². The van der Waals surface area contributed by atoms with Gasteiger partial charge < -0.3 is 15.3 Å². The molecule has 3 N–H and O–H groups in total. The van der Waals surface area contributed by atoms with Crippen LogP contribution in [-0.4, -0.2) is 50.3 Å². The number of ketones is 1. The molecule has 0 bridgehead atoms. The number of carbonyl (C=O) groups excluding carboxylic acids is 1. The van der Waals surface area contributed by atoms with E-state index in [1.807, 2.05) is 0 Å². The SMILES string of the molecule is CC(O)CS[C@H]1C(O)CC(=O)[C@@H]1CCCCCC(C(=O)O)c1cccc(C(F)(F)F)c1. The number of benzene rings is 1. The van der Waals surface area contributed by atoms with Crippen LogP contribution in [0.3, 0.4) is 0 Å². The molecule has 0 aromatic heterocycles. The number of carboxylic acids is 1. The van der Waals surface area contributed by atoms with E-state index in [4.69, 9.17) is 0 Å². The van der Waals surface area contributed by atoms with Crippen LogP contribution in [-0.2, 0) is 15.8 Å². The van der Waals surface area contributed by atoms with Crippen LogP contribution in [0.25, 0.3) is 0 Å². The Bertz CT molecular complexity index is 753. The van der Waals surface area contributed by atoms with Gasteiger partial charge in [0.15, 0.2) is 0 Å². The molecule has 0 spiro atoms. The number of hydrogen-bond donors (Lipinski definition) is 3. The number of alkyl halides is 3. The van der Waals surface area contributed by atoms with Crippen LogP contribution in [0.5, 0.6) is 0 Å². The number of aliphatic hydroxyl groups is 2. The molecule has 5 nitrogen and oxygen atoms in total. The van der Waals surface area contributed by atoms with Crippen LogP contribution >= 0.6 is 11.8 Å². The van der Waals surface area contributed by atoms with Gasteiger partial charge in [-0.25, -0.2) is 0 Å². The minimum absolute atomic E-state index is 0.00275. The Morgan fingerprint density at radius 1 is 1.26 bits per heavy atom. The van der Waals surface area contributed by atoms with Crippen molar-refractivity contribution < 1.29 is 38.1 Å². The summed E-state index contributed by atoms with van der Waals surface area (Å²) < 4.78 is 38.7. The van der Waals surface area contributed by atoms with Crippen LogP contribution in [0, 0.1) is 5.92 Å². The van der Waals surface area contributed by atoms with Crippen molar-refractivity contribution in [3.63, 3.8) is 0 Å². The fourth-order valence-electron chi connectivity index (χ4n) is 3.98. The van der Waals surface area contributed by atoms with Crippen molar-refractivity contribution >= 4 is 23.5 Å². The molecular weight excluding hydrogens is 433 g/mol. The third kappa shape index (κ3) is 7.50. The van der Waals surface area contributed by atoms with E-state index >= 15 is 0 Å². The molecule has 9 heteroatoms. The van der Waals surface area contributed by atoms with E-state index in [1.165, 1.54) is 23.9 Å². The second-order valence-electron chi connectivity index (χ2n) is 8.14. The van der Waals surface area contributed by atoms with Gasteiger partial charge in [0.2, 0.25) is 0 Å². The van der Waals surface area contributed by atoms with Gasteiger partial charge in [0.05, 0.1) is 23.7 Å². The molecule has 174 valence electrons. The van der Waals surface area contributed by atoms with Crippen LogP contribution in [0.2, 0.25) is 0 Å². The number of thioether (sulfide) groups is 1. The van der Waals surface area contributed by atoms with Crippen LogP contribution in [0.1, 0.15) is 62.5 Å². The van der Waals surface area contributed by atoms with Crippen LogP contribution in [0.15, 0.2) is 24.3 Å². The van der Waals surface area contributed by atoms with Gasteiger partial charge in [-0.3, -0.25) is 9.59 Å². The normalized spacial score (nSPS) is 23.7. The number of Topliss-reactive ketones (excluding diaryl/α,β-unsaturated/α-hetero) is 1. The maximum absolute atomic E-state index is 12.9. The number of unbranched alkanes of at least 4 members (excludes halogenated alkanes) is 2. The lowest BCUT2D eigenvalue weighted by Gasteiger charge is -2.21. The van der Waals surface area contributed by atoms with Crippen LogP contribution < -0.4 is 0 Å². The molecular formula is C22H29F3O5S. The minimum atomic E-state index is -4.53. The molecule has 1 aliphatic carbocycles. The Labute approximate surface area is 184 Å². The van der Waals surface area contributed by atoms with Crippen molar-refractivity contribution in [2.45, 2.75) is 75.0 Å². The summed E-state index contributed by atoms with van der Waals surface area (Å²) >= 11 is 1.39. The second-order valence-corrected chi connectivity index (χ2v) is 9.35. The van der Waals surface area contributed by atoms with E-state index in [0.29, 0.717) is 31.4 Å².